The summed E-state index contributed by atoms with van der Waals surface area (Å²) >= 11 is 0. The first-order valence-corrected chi connectivity index (χ1v) is 11.2. The molecule has 0 amide bonds. The van der Waals surface area contributed by atoms with E-state index in [2.05, 4.69) is 58.9 Å². The molecule has 0 saturated heterocycles. The summed E-state index contributed by atoms with van der Waals surface area (Å²) in [5.74, 6) is 0.779. The largest absolute Gasteiger partial charge is 0.493 e. The predicted molar refractivity (Wildman–Crippen MR) is 131 cm³/mol. The molecule has 0 bridgehead atoms. The van der Waals surface area contributed by atoms with E-state index in [0.29, 0.717) is 24.0 Å². The van der Waals surface area contributed by atoms with Gasteiger partial charge >= 0.3 is 5.97 Å². The minimum absolute atomic E-state index is 0.345. The molecule has 0 unspecified atom stereocenters. The Balaban J connectivity index is 2.68. The van der Waals surface area contributed by atoms with Crippen LogP contribution in [0.1, 0.15) is 82.9 Å². The van der Waals surface area contributed by atoms with E-state index in [0.717, 1.165) is 35.3 Å². The van der Waals surface area contributed by atoms with Crippen molar-refractivity contribution in [1.29, 1.82) is 0 Å². The molecule has 0 spiro atoms. The van der Waals surface area contributed by atoms with E-state index >= 15 is 0 Å². The van der Waals surface area contributed by atoms with Crippen LogP contribution in [0.15, 0.2) is 54.1 Å². The Morgan fingerprint density at radius 2 is 1.77 bits per heavy atom. The SMILES string of the molecule is CCCCOc1c(-c2ccccc2C=CC(C)=CC(=O)O)cc(C(C)C)cc1C(C)C. The molecule has 0 fully saturated rings. The normalized spacial score (nSPS) is 12.2. The molecule has 0 heterocycles. The lowest BCUT2D eigenvalue weighted by Crippen LogP contribution is -2.05. The molecule has 0 saturated carbocycles. The lowest BCUT2D eigenvalue weighted by atomic mass is 9.88. The molecule has 2 aromatic rings. The first kappa shape index (κ1) is 24.5. The number of carboxylic acid groups (broad SMARTS) is 1. The minimum Gasteiger partial charge on any atom is -0.493 e. The van der Waals surface area contributed by atoms with Crippen LogP contribution in [-0.2, 0) is 4.79 Å². The van der Waals surface area contributed by atoms with Crippen molar-refractivity contribution < 1.29 is 14.6 Å². The van der Waals surface area contributed by atoms with E-state index in [4.69, 9.17) is 9.84 Å². The average molecular weight is 421 g/mol. The number of hydrogen-bond acceptors (Lipinski definition) is 2. The number of rotatable bonds is 10. The third-order valence-electron chi connectivity index (χ3n) is 5.30. The molecular formula is C28H36O3. The maximum Gasteiger partial charge on any atom is 0.328 e. The first-order chi connectivity index (χ1) is 14.7. The fourth-order valence-corrected chi connectivity index (χ4v) is 3.47. The predicted octanol–water partition coefficient (Wildman–Crippen LogP) is 7.82. The summed E-state index contributed by atoms with van der Waals surface area (Å²) < 4.78 is 6.38. The molecule has 0 radical (unpaired) electrons. The van der Waals surface area contributed by atoms with E-state index in [1.165, 1.54) is 17.2 Å². The fourth-order valence-electron chi connectivity index (χ4n) is 3.47. The van der Waals surface area contributed by atoms with Crippen LogP contribution in [0.25, 0.3) is 17.2 Å². The van der Waals surface area contributed by atoms with Crippen molar-refractivity contribution >= 4 is 12.0 Å². The molecule has 31 heavy (non-hydrogen) atoms. The van der Waals surface area contributed by atoms with Crippen LogP contribution >= 0.6 is 0 Å². The van der Waals surface area contributed by atoms with Gasteiger partial charge in [-0.05, 0) is 59.1 Å². The molecule has 166 valence electrons. The summed E-state index contributed by atoms with van der Waals surface area (Å²) in [6.45, 7) is 13.5. The van der Waals surface area contributed by atoms with Gasteiger partial charge in [0.1, 0.15) is 5.75 Å². The topological polar surface area (TPSA) is 46.5 Å². The Morgan fingerprint density at radius 1 is 1.06 bits per heavy atom. The number of ether oxygens (including phenoxy) is 1. The number of allylic oxidation sites excluding steroid dienone is 2. The second-order valence-electron chi connectivity index (χ2n) is 8.65. The molecule has 3 heteroatoms. The Morgan fingerprint density at radius 3 is 2.39 bits per heavy atom. The maximum absolute atomic E-state index is 11.0. The van der Waals surface area contributed by atoms with Gasteiger partial charge < -0.3 is 9.84 Å². The van der Waals surface area contributed by atoms with Gasteiger partial charge in [0.05, 0.1) is 6.61 Å². The fraction of sp³-hybridized carbons (Fsp3) is 0.393. The van der Waals surface area contributed by atoms with E-state index in [9.17, 15) is 4.79 Å². The average Bonchev–Trinajstić information content (AvgIpc) is 2.71. The van der Waals surface area contributed by atoms with Crippen LogP contribution in [0.5, 0.6) is 5.75 Å². The second kappa shape index (κ2) is 11.5. The highest BCUT2D eigenvalue weighted by Crippen LogP contribution is 2.41. The Hall–Kier alpha value is -2.81. The number of benzene rings is 2. The molecule has 0 aliphatic heterocycles. The zero-order valence-corrected chi connectivity index (χ0v) is 19.7. The smallest absolute Gasteiger partial charge is 0.328 e. The standard InChI is InChI=1S/C28H36O3/c1-7-8-15-31-28-25(20(4)5)17-23(19(2)3)18-26(28)24-12-10-9-11-22(24)14-13-21(6)16-27(29)30/h9-14,16-20H,7-8,15H2,1-6H3,(H,29,30). The van der Waals surface area contributed by atoms with Gasteiger partial charge in [-0.2, -0.15) is 0 Å². The number of hydrogen-bond donors (Lipinski definition) is 1. The van der Waals surface area contributed by atoms with Crippen molar-refractivity contribution in [3.05, 3.63) is 70.8 Å². The van der Waals surface area contributed by atoms with Crippen molar-refractivity contribution in [2.24, 2.45) is 0 Å². The highest BCUT2D eigenvalue weighted by atomic mass is 16.5. The summed E-state index contributed by atoms with van der Waals surface area (Å²) in [5, 5.41) is 8.99. The van der Waals surface area contributed by atoms with Crippen LogP contribution in [-0.4, -0.2) is 17.7 Å². The Bertz CT molecular complexity index is 949. The number of carboxylic acids is 1. The molecule has 0 aliphatic rings. The highest BCUT2D eigenvalue weighted by Gasteiger charge is 2.19. The lowest BCUT2D eigenvalue weighted by Gasteiger charge is -2.22. The van der Waals surface area contributed by atoms with Gasteiger partial charge in [-0.15, -0.1) is 0 Å². The summed E-state index contributed by atoms with van der Waals surface area (Å²) in [6, 6.07) is 12.8. The maximum atomic E-state index is 11.0. The minimum atomic E-state index is -0.937. The van der Waals surface area contributed by atoms with Gasteiger partial charge in [0.2, 0.25) is 0 Å². The van der Waals surface area contributed by atoms with E-state index in [-0.39, 0.29) is 0 Å². The van der Waals surface area contributed by atoms with Crippen molar-refractivity contribution in [2.45, 2.75) is 66.2 Å². The lowest BCUT2D eigenvalue weighted by molar-refractivity contribution is -0.131. The highest BCUT2D eigenvalue weighted by molar-refractivity contribution is 5.83. The van der Waals surface area contributed by atoms with Gasteiger partial charge in [0.15, 0.2) is 0 Å². The molecular weight excluding hydrogens is 384 g/mol. The molecule has 3 nitrogen and oxygen atoms in total. The van der Waals surface area contributed by atoms with Gasteiger partial charge in [-0.3, -0.25) is 0 Å². The Labute approximate surface area is 187 Å². The van der Waals surface area contributed by atoms with Gasteiger partial charge in [0.25, 0.3) is 0 Å². The molecule has 2 aromatic carbocycles. The van der Waals surface area contributed by atoms with Gasteiger partial charge in [-0.1, -0.05) is 83.5 Å². The van der Waals surface area contributed by atoms with Crippen molar-refractivity contribution in [3.63, 3.8) is 0 Å². The summed E-state index contributed by atoms with van der Waals surface area (Å²) in [5.41, 5.74) is 6.46. The van der Waals surface area contributed by atoms with E-state index in [1.807, 2.05) is 24.3 Å². The number of unbranched alkanes of at least 4 members (excludes halogenated alkanes) is 1. The third kappa shape index (κ3) is 6.85. The van der Waals surface area contributed by atoms with E-state index in [1.54, 1.807) is 6.92 Å². The van der Waals surface area contributed by atoms with E-state index < -0.39 is 5.97 Å². The Kier molecular flexibility index (Phi) is 9.11. The molecule has 1 N–H and O–H groups in total. The van der Waals surface area contributed by atoms with Gasteiger partial charge in [-0.25, -0.2) is 4.79 Å². The molecule has 0 aliphatic carbocycles. The summed E-state index contributed by atoms with van der Waals surface area (Å²) in [7, 11) is 0. The van der Waals surface area contributed by atoms with Crippen LogP contribution in [0.4, 0.5) is 0 Å². The van der Waals surface area contributed by atoms with Gasteiger partial charge in [0, 0.05) is 11.6 Å². The van der Waals surface area contributed by atoms with Crippen molar-refractivity contribution in [3.8, 4) is 16.9 Å². The van der Waals surface area contributed by atoms with Crippen LogP contribution in [0.2, 0.25) is 0 Å². The quantitative estimate of drug-likeness (QED) is 0.242. The number of aliphatic carboxylic acids is 1. The first-order valence-electron chi connectivity index (χ1n) is 11.2. The van der Waals surface area contributed by atoms with Crippen LogP contribution in [0, 0.1) is 0 Å². The second-order valence-corrected chi connectivity index (χ2v) is 8.65. The molecule has 0 atom stereocenters. The third-order valence-corrected chi connectivity index (χ3v) is 5.30. The van der Waals surface area contributed by atoms with Crippen LogP contribution in [0.3, 0.4) is 0 Å². The summed E-state index contributed by atoms with van der Waals surface area (Å²) in [4.78, 5) is 11.0. The number of carbonyl (C=O) groups is 1. The zero-order chi connectivity index (χ0) is 23.0. The van der Waals surface area contributed by atoms with Crippen LogP contribution < -0.4 is 4.74 Å². The molecule has 2 rings (SSSR count). The monoisotopic (exact) mass is 420 g/mol. The zero-order valence-electron chi connectivity index (χ0n) is 19.7. The van der Waals surface area contributed by atoms with Crippen molar-refractivity contribution in [2.75, 3.05) is 6.61 Å². The summed E-state index contributed by atoms with van der Waals surface area (Å²) in [6.07, 6.45) is 7.15. The van der Waals surface area contributed by atoms with Crippen molar-refractivity contribution in [1.82, 2.24) is 0 Å². The molecule has 0 aromatic heterocycles.